The molecular formula is C24H19N3O3S. The molecule has 1 aromatic heterocycles. The maximum Gasteiger partial charge on any atom is 0.251 e. The van der Waals surface area contributed by atoms with E-state index in [1.54, 1.807) is 6.07 Å². The summed E-state index contributed by atoms with van der Waals surface area (Å²) in [6.45, 7) is 0.292. The van der Waals surface area contributed by atoms with Gasteiger partial charge in [0.25, 0.3) is 5.91 Å². The number of nitrogens with one attached hydrogen (secondary N) is 2. The van der Waals surface area contributed by atoms with Gasteiger partial charge >= 0.3 is 0 Å². The normalized spacial score (nSPS) is 28.6. The predicted octanol–water partition coefficient (Wildman–Crippen LogP) is 3.23. The fraction of sp³-hybridized carbons (Fsp3) is 0.208. The lowest BCUT2D eigenvalue weighted by Crippen LogP contribution is -2.61. The predicted molar refractivity (Wildman–Crippen MR) is 118 cm³/mol. The minimum Gasteiger partial charge on any atom is -0.325 e. The van der Waals surface area contributed by atoms with Crippen LogP contribution >= 0.6 is 11.3 Å². The Bertz CT molecular complexity index is 1270. The second-order valence-corrected chi connectivity index (χ2v) is 9.24. The maximum absolute atomic E-state index is 13.9. The van der Waals surface area contributed by atoms with E-state index in [0.717, 1.165) is 5.56 Å². The average Bonchev–Trinajstić information content (AvgIpc) is 3.51. The van der Waals surface area contributed by atoms with Gasteiger partial charge in [0.15, 0.2) is 5.78 Å². The monoisotopic (exact) mass is 429 g/mol. The molecule has 2 amide bonds. The highest BCUT2D eigenvalue weighted by molar-refractivity contribution is 7.12. The van der Waals surface area contributed by atoms with Crippen molar-refractivity contribution in [3.8, 4) is 0 Å². The second-order valence-electron chi connectivity index (χ2n) is 8.29. The van der Waals surface area contributed by atoms with Crippen molar-refractivity contribution in [2.75, 3.05) is 24.2 Å². The van der Waals surface area contributed by atoms with Crippen molar-refractivity contribution in [2.24, 2.45) is 5.92 Å². The van der Waals surface area contributed by atoms with Crippen LogP contribution in [-0.4, -0.2) is 36.1 Å². The number of anilines is 2. The molecule has 0 unspecified atom stereocenters. The molecule has 0 aliphatic carbocycles. The Kier molecular flexibility index (Phi) is 3.65. The van der Waals surface area contributed by atoms with E-state index in [2.05, 4.69) is 10.6 Å². The summed E-state index contributed by atoms with van der Waals surface area (Å²) in [5.74, 6) is -1.40. The Morgan fingerprint density at radius 1 is 0.935 bits per heavy atom. The number of para-hydroxylation sites is 2. The number of hydrogen-bond acceptors (Lipinski definition) is 5. The molecule has 3 aliphatic rings. The van der Waals surface area contributed by atoms with Gasteiger partial charge in [0.05, 0.1) is 10.8 Å². The van der Waals surface area contributed by atoms with Crippen LogP contribution in [0.1, 0.15) is 20.8 Å². The number of thiophene rings is 1. The van der Waals surface area contributed by atoms with Gasteiger partial charge in [-0.25, -0.2) is 0 Å². The van der Waals surface area contributed by atoms with Crippen LogP contribution in [0.15, 0.2) is 66.0 Å². The number of amides is 2. The van der Waals surface area contributed by atoms with Gasteiger partial charge in [-0.3, -0.25) is 19.3 Å². The first kappa shape index (κ1) is 18.5. The lowest BCUT2D eigenvalue weighted by atomic mass is 9.58. The number of hydrogen-bond donors (Lipinski definition) is 2. The number of carbonyl (C=O) groups excluding carboxylic acids is 3. The van der Waals surface area contributed by atoms with E-state index in [0.29, 0.717) is 28.4 Å². The van der Waals surface area contributed by atoms with E-state index in [1.807, 2.05) is 71.9 Å². The topological polar surface area (TPSA) is 78.5 Å². The third-order valence-electron chi connectivity index (χ3n) is 7.05. The smallest absolute Gasteiger partial charge is 0.251 e. The average molecular weight is 430 g/mol. The number of nitrogens with zero attached hydrogens (tertiary/aromatic N) is 1. The van der Waals surface area contributed by atoms with Crippen molar-refractivity contribution >= 4 is 40.3 Å². The molecule has 2 aromatic carbocycles. The van der Waals surface area contributed by atoms with Gasteiger partial charge < -0.3 is 10.6 Å². The zero-order valence-corrected chi connectivity index (χ0v) is 17.5. The summed E-state index contributed by atoms with van der Waals surface area (Å²) < 4.78 is 0. The summed E-state index contributed by atoms with van der Waals surface area (Å²) in [5, 5.41) is 7.83. The van der Waals surface area contributed by atoms with Crippen LogP contribution in [0.2, 0.25) is 0 Å². The van der Waals surface area contributed by atoms with Gasteiger partial charge in [-0.05, 0) is 36.2 Å². The summed E-state index contributed by atoms with van der Waals surface area (Å²) in [7, 11) is 1.83. The van der Waals surface area contributed by atoms with Gasteiger partial charge in [-0.2, -0.15) is 0 Å². The van der Waals surface area contributed by atoms with Crippen LogP contribution in [0.3, 0.4) is 0 Å². The molecule has 7 heteroatoms. The second kappa shape index (κ2) is 6.12. The first-order valence-electron chi connectivity index (χ1n) is 10.1. The SMILES string of the molecule is CN1C[C@@H](C(=O)c2cccs2)[C@]2(C(=O)Nc3ccccc32)[C@@]12C(=O)Nc1ccccc12. The minimum absolute atomic E-state index is 0.109. The first-order chi connectivity index (χ1) is 15.0. The summed E-state index contributed by atoms with van der Waals surface area (Å²) in [5.41, 5.74) is 0.0685. The number of likely N-dealkylation sites (N-methyl/N-ethyl adjacent to an activating group) is 1. The molecule has 0 bridgehead atoms. The molecule has 2 spiro atoms. The Hall–Kier alpha value is -3.29. The molecule has 3 aliphatic heterocycles. The van der Waals surface area contributed by atoms with Crippen LogP contribution < -0.4 is 10.6 Å². The van der Waals surface area contributed by atoms with Crippen molar-refractivity contribution in [1.82, 2.24) is 4.90 Å². The van der Waals surface area contributed by atoms with E-state index < -0.39 is 16.9 Å². The molecule has 0 radical (unpaired) electrons. The van der Waals surface area contributed by atoms with Crippen LogP contribution in [0, 0.1) is 5.92 Å². The largest absolute Gasteiger partial charge is 0.325 e. The van der Waals surface area contributed by atoms with Gasteiger partial charge in [0.2, 0.25) is 5.91 Å². The van der Waals surface area contributed by atoms with Crippen molar-refractivity contribution in [3.05, 3.63) is 82.0 Å². The molecule has 6 rings (SSSR count). The summed E-state index contributed by atoms with van der Waals surface area (Å²) in [6.07, 6.45) is 0. The fourth-order valence-electron chi connectivity index (χ4n) is 5.97. The van der Waals surface area contributed by atoms with Crippen LogP contribution in [0.4, 0.5) is 11.4 Å². The number of Topliss-reactive ketones (excluding diaryl/α,β-unsaturated/α-hetero) is 1. The molecule has 3 atom stereocenters. The number of rotatable bonds is 2. The number of ketones is 1. The summed E-state index contributed by atoms with van der Waals surface area (Å²) >= 11 is 1.36. The molecule has 6 nitrogen and oxygen atoms in total. The number of carbonyl (C=O) groups is 3. The third kappa shape index (κ3) is 1.98. The summed E-state index contributed by atoms with van der Waals surface area (Å²) in [4.78, 5) is 44.0. The Balaban J connectivity index is 1.71. The van der Waals surface area contributed by atoms with E-state index in [-0.39, 0.29) is 17.6 Å². The molecule has 4 heterocycles. The fourth-order valence-corrected chi connectivity index (χ4v) is 6.69. The van der Waals surface area contributed by atoms with E-state index in [4.69, 9.17) is 0 Å². The van der Waals surface area contributed by atoms with Crippen molar-refractivity contribution in [1.29, 1.82) is 0 Å². The number of benzene rings is 2. The maximum atomic E-state index is 13.9. The summed E-state index contributed by atoms with van der Waals surface area (Å²) in [6, 6.07) is 18.5. The van der Waals surface area contributed by atoms with Crippen molar-refractivity contribution in [2.45, 2.75) is 11.0 Å². The quantitative estimate of drug-likeness (QED) is 0.613. The highest BCUT2D eigenvalue weighted by Crippen LogP contribution is 2.63. The molecule has 3 aromatic rings. The molecular weight excluding hydrogens is 410 g/mol. The van der Waals surface area contributed by atoms with Crippen LogP contribution in [0.25, 0.3) is 0 Å². The number of likely N-dealkylation sites (tertiary alicyclic amines) is 1. The molecule has 2 N–H and O–H groups in total. The lowest BCUT2D eigenvalue weighted by Gasteiger charge is -2.42. The minimum atomic E-state index is -1.38. The highest BCUT2D eigenvalue weighted by Gasteiger charge is 2.77. The molecule has 31 heavy (non-hydrogen) atoms. The lowest BCUT2D eigenvalue weighted by molar-refractivity contribution is -0.136. The number of fused-ring (bicyclic) bond motifs is 5. The highest BCUT2D eigenvalue weighted by atomic mass is 32.1. The van der Waals surface area contributed by atoms with E-state index >= 15 is 0 Å². The zero-order chi connectivity index (χ0) is 21.4. The van der Waals surface area contributed by atoms with Crippen LogP contribution in [0.5, 0.6) is 0 Å². The van der Waals surface area contributed by atoms with E-state index in [9.17, 15) is 14.4 Å². The standard InChI is InChI=1S/C24H19N3O3S/c1-27-13-16(20(28)19-11-6-12-31-19)23(14-7-2-4-9-17(14)25-21(23)29)24(27)15-8-3-5-10-18(15)26-22(24)30/h2-12,16H,13H2,1H3,(H,25,29)(H,26,30)/t16-,23+,24+/m0/s1. The van der Waals surface area contributed by atoms with Crippen molar-refractivity contribution in [3.63, 3.8) is 0 Å². The zero-order valence-electron chi connectivity index (χ0n) is 16.7. The Morgan fingerprint density at radius 3 is 2.29 bits per heavy atom. The van der Waals surface area contributed by atoms with E-state index in [1.165, 1.54) is 11.3 Å². The Morgan fingerprint density at radius 2 is 1.58 bits per heavy atom. The van der Waals surface area contributed by atoms with Crippen LogP contribution in [-0.2, 0) is 20.5 Å². The molecule has 154 valence electrons. The first-order valence-corrected chi connectivity index (χ1v) is 11.0. The van der Waals surface area contributed by atoms with Gasteiger partial charge in [-0.15, -0.1) is 11.3 Å². The van der Waals surface area contributed by atoms with Gasteiger partial charge in [0.1, 0.15) is 11.0 Å². The van der Waals surface area contributed by atoms with Gasteiger partial charge in [0, 0.05) is 23.5 Å². The molecule has 1 saturated heterocycles. The Labute approximate surface area is 182 Å². The molecule has 0 saturated carbocycles. The molecule has 1 fully saturated rings. The van der Waals surface area contributed by atoms with Crippen molar-refractivity contribution < 1.29 is 14.4 Å². The van der Waals surface area contributed by atoms with Gasteiger partial charge in [-0.1, -0.05) is 42.5 Å². The third-order valence-corrected chi connectivity index (χ3v) is 7.94.